The van der Waals surface area contributed by atoms with Crippen LogP contribution in [-0.2, 0) is 5.54 Å². The van der Waals surface area contributed by atoms with E-state index in [1.54, 1.807) is 0 Å². The summed E-state index contributed by atoms with van der Waals surface area (Å²) in [6, 6.07) is 4.10. The molecule has 1 saturated heterocycles. The van der Waals surface area contributed by atoms with Gasteiger partial charge in [0.1, 0.15) is 5.75 Å². The number of hydrogen-bond donors (Lipinski definition) is 2. The molecule has 0 bridgehead atoms. The number of phenolic OH excluding ortho intramolecular Hbond substituents is 1. The molecule has 17 heavy (non-hydrogen) atoms. The number of hydrogen-bond acceptors (Lipinski definition) is 2. The Hall–Kier alpha value is -1.02. The van der Waals surface area contributed by atoms with Crippen molar-refractivity contribution in [2.45, 2.75) is 52.0 Å². The van der Waals surface area contributed by atoms with Gasteiger partial charge >= 0.3 is 0 Å². The Morgan fingerprint density at radius 3 is 2.59 bits per heavy atom. The first-order chi connectivity index (χ1) is 7.94. The first-order valence-corrected chi connectivity index (χ1v) is 6.53. The van der Waals surface area contributed by atoms with E-state index < -0.39 is 0 Å². The first-order valence-electron chi connectivity index (χ1n) is 6.53. The molecular weight excluding hydrogens is 210 g/mol. The van der Waals surface area contributed by atoms with Gasteiger partial charge in [0.2, 0.25) is 0 Å². The highest BCUT2D eigenvalue weighted by molar-refractivity contribution is 5.46. The monoisotopic (exact) mass is 233 g/mol. The minimum atomic E-state index is 0.0847. The molecule has 1 aromatic carbocycles. The first kappa shape index (κ1) is 12.4. The molecule has 1 unspecified atom stereocenters. The van der Waals surface area contributed by atoms with Gasteiger partial charge in [-0.3, -0.25) is 0 Å². The van der Waals surface area contributed by atoms with Gasteiger partial charge in [0.05, 0.1) is 0 Å². The van der Waals surface area contributed by atoms with Crippen molar-refractivity contribution in [2.75, 3.05) is 6.54 Å². The summed E-state index contributed by atoms with van der Waals surface area (Å²) < 4.78 is 0. The van der Waals surface area contributed by atoms with Gasteiger partial charge in [-0.05, 0) is 68.0 Å². The van der Waals surface area contributed by atoms with Crippen molar-refractivity contribution in [3.63, 3.8) is 0 Å². The van der Waals surface area contributed by atoms with Crippen molar-refractivity contribution >= 4 is 0 Å². The molecule has 1 aliphatic heterocycles. The standard InChI is InChI=1S/C15H23NO/c1-10(2)12-9-13(11(3)8-14(12)17)15(4)6-5-7-16-15/h8-10,16-17H,5-7H2,1-4H3. The largest absolute Gasteiger partial charge is 0.508 e. The highest BCUT2D eigenvalue weighted by atomic mass is 16.3. The van der Waals surface area contributed by atoms with Crippen molar-refractivity contribution in [3.8, 4) is 5.75 Å². The summed E-state index contributed by atoms with van der Waals surface area (Å²) >= 11 is 0. The van der Waals surface area contributed by atoms with E-state index in [0.29, 0.717) is 11.7 Å². The highest BCUT2D eigenvalue weighted by Gasteiger charge is 2.32. The lowest BCUT2D eigenvalue weighted by Crippen LogP contribution is -2.34. The van der Waals surface area contributed by atoms with E-state index in [1.165, 1.54) is 24.0 Å². The molecule has 2 nitrogen and oxygen atoms in total. The summed E-state index contributed by atoms with van der Waals surface area (Å²) in [4.78, 5) is 0. The molecule has 1 aliphatic rings. The maximum absolute atomic E-state index is 9.99. The zero-order valence-electron chi connectivity index (χ0n) is 11.3. The van der Waals surface area contributed by atoms with Crippen LogP contribution in [0.1, 0.15) is 56.2 Å². The molecule has 0 aliphatic carbocycles. The zero-order chi connectivity index (χ0) is 12.6. The maximum Gasteiger partial charge on any atom is 0.119 e. The normalized spacial score (nSPS) is 24.5. The molecule has 0 radical (unpaired) electrons. The summed E-state index contributed by atoms with van der Waals surface area (Å²) in [5.74, 6) is 0.794. The van der Waals surface area contributed by atoms with Gasteiger partial charge in [0.15, 0.2) is 0 Å². The second-order valence-corrected chi connectivity index (χ2v) is 5.74. The van der Waals surface area contributed by atoms with E-state index in [0.717, 1.165) is 12.1 Å². The van der Waals surface area contributed by atoms with Crippen LogP contribution >= 0.6 is 0 Å². The van der Waals surface area contributed by atoms with E-state index in [1.807, 2.05) is 6.07 Å². The minimum Gasteiger partial charge on any atom is -0.508 e. The number of aryl methyl sites for hydroxylation is 1. The van der Waals surface area contributed by atoms with Crippen molar-refractivity contribution < 1.29 is 5.11 Å². The van der Waals surface area contributed by atoms with Crippen LogP contribution in [0.4, 0.5) is 0 Å². The van der Waals surface area contributed by atoms with Gasteiger partial charge in [-0.1, -0.05) is 13.8 Å². The van der Waals surface area contributed by atoms with Gasteiger partial charge in [0, 0.05) is 5.54 Å². The molecular formula is C15H23NO. The third-order valence-electron chi connectivity index (χ3n) is 3.96. The fraction of sp³-hybridized carbons (Fsp3) is 0.600. The third-order valence-corrected chi connectivity index (χ3v) is 3.96. The van der Waals surface area contributed by atoms with E-state index in [-0.39, 0.29) is 5.54 Å². The highest BCUT2D eigenvalue weighted by Crippen LogP contribution is 2.37. The van der Waals surface area contributed by atoms with Crippen LogP contribution in [0.3, 0.4) is 0 Å². The molecule has 1 atom stereocenters. The summed E-state index contributed by atoms with van der Waals surface area (Å²) in [7, 11) is 0. The van der Waals surface area contributed by atoms with Crippen molar-refractivity contribution in [2.24, 2.45) is 0 Å². The number of aromatic hydroxyl groups is 1. The van der Waals surface area contributed by atoms with Gasteiger partial charge in [-0.2, -0.15) is 0 Å². The average molecular weight is 233 g/mol. The quantitative estimate of drug-likeness (QED) is 0.820. The molecule has 1 aromatic rings. The van der Waals surface area contributed by atoms with Gasteiger partial charge in [0.25, 0.3) is 0 Å². The lowest BCUT2D eigenvalue weighted by atomic mass is 9.84. The van der Waals surface area contributed by atoms with Crippen LogP contribution in [0.25, 0.3) is 0 Å². The Kier molecular flexibility index (Phi) is 3.17. The summed E-state index contributed by atoms with van der Waals surface area (Å²) in [6.07, 6.45) is 2.41. The van der Waals surface area contributed by atoms with Gasteiger partial charge in [-0.25, -0.2) is 0 Å². The smallest absolute Gasteiger partial charge is 0.119 e. The fourth-order valence-electron chi connectivity index (χ4n) is 2.89. The molecule has 0 spiro atoms. The summed E-state index contributed by atoms with van der Waals surface area (Å²) in [6.45, 7) is 9.69. The molecule has 0 saturated carbocycles. The van der Waals surface area contributed by atoms with Crippen LogP contribution in [0.2, 0.25) is 0 Å². The maximum atomic E-state index is 9.99. The Morgan fingerprint density at radius 1 is 1.35 bits per heavy atom. The van der Waals surface area contributed by atoms with E-state index >= 15 is 0 Å². The Morgan fingerprint density at radius 2 is 2.06 bits per heavy atom. The number of rotatable bonds is 2. The number of benzene rings is 1. The van der Waals surface area contributed by atoms with Crippen LogP contribution in [0.15, 0.2) is 12.1 Å². The molecule has 0 aromatic heterocycles. The van der Waals surface area contributed by atoms with Crippen molar-refractivity contribution in [1.29, 1.82) is 0 Å². The molecule has 94 valence electrons. The minimum absolute atomic E-state index is 0.0847. The third kappa shape index (κ3) is 2.19. The predicted molar refractivity (Wildman–Crippen MR) is 71.5 cm³/mol. The number of phenols is 1. The lowest BCUT2D eigenvalue weighted by Gasteiger charge is -2.28. The Bertz CT molecular complexity index is 417. The predicted octanol–water partition coefficient (Wildman–Crippen LogP) is 3.42. The molecule has 2 N–H and O–H groups in total. The van der Waals surface area contributed by atoms with Crippen LogP contribution < -0.4 is 5.32 Å². The molecule has 2 rings (SSSR count). The SMILES string of the molecule is Cc1cc(O)c(C(C)C)cc1C1(C)CCCN1. The van der Waals surface area contributed by atoms with Crippen LogP contribution in [0.5, 0.6) is 5.75 Å². The van der Waals surface area contributed by atoms with E-state index in [4.69, 9.17) is 0 Å². The van der Waals surface area contributed by atoms with Crippen molar-refractivity contribution in [1.82, 2.24) is 5.32 Å². The van der Waals surface area contributed by atoms with Crippen molar-refractivity contribution in [3.05, 3.63) is 28.8 Å². The van der Waals surface area contributed by atoms with E-state index in [2.05, 4.69) is 39.1 Å². The summed E-state index contributed by atoms with van der Waals surface area (Å²) in [5.41, 5.74) is 3.67. The fourth-order valence-corrected chi connectivity index (χ4v) is 2.89. The van der Waals surface area contributed by atoms with Crippen LogP contribution in [-0.4, -0.2) is 11.7 Å². The molecule has 2 heteroatoms. The zero-order valence-corrected chi connectivity index (χ0v) is 11.3. The Balaban J connectivity index is 2.50. The second kappa shape index (κ2) is 4.34. The van der Waals surface area contributed by atoms with Crippen LogP contribution in [0, 0.1) is 6.92 Å². The summed E-state index contributed by atoms with van der Waals surface area (Å²) in [5, 5.41) is 13.6. The number of nitrogens with one attached hydrogen (secondary N) is 1. The Labute approximate surface area is 104 Å². The lowest BCUT2D eigenvalue weighted by molar-refractivity contribution is 0.427. The second-order valence-electron chi connectivity index (χ2n) is 5.74. The molecule has 1 heterocycles. The molecule has 1 fully saturated rings. The average Bonchev–Trinajstić information content (AvgIpc) is 2.65. The molecule has 0 amide bonds. The van der Waals surface area contributed by atoms with E-state index in [9.17, 15) is 5.11 Å². The van der Waals surface area contributed by atoms with Gasteiger partial charge < -0.3 is 10.4 Å². The van der Waals surface area contributed by atoms with Gasteiger partial charge in [-0.15, -0.1) is 0 Å². The topological polar surface area (TPSA) is 32.3 Å².